The van der Waals surface area contributed by atoms with Crippen LogP contribution in [-0.2, 0) is 11.2 Å². The lowest BCUT2D eigenvalue weighted by molar-refractivity contribution is -0.116. The highest BCUT2D eigenvalue weighted by atomic mass is 35.5. The maximum atomic E-state index is 12.3. The summed E-state index contributed by atoms with van der Waals surface area (Å²) >= 11 is 12.1. The lowest BCUT2D eigenvalue weighted by atomic mass is 10.1. The van der Waals surface area contributed by atoms with Gasteiger partial charge in [0.15, 0.2) is 0 Å². The second-order valence-corrected chi connectivity index (χ2v) is 6.84. The van der Waals surface area contributed by atoms with Crippen LogP contribution in [0.15, 0.2) is 42.5 Å². The summed E-state index contributed by atoms with van der Waals surface area (Å²) < 4.78 is 0. The van der Waals surface area contributed by atoms with Crippen LogP contribution in [0.3, 0.4) is 0 Å². The van der Waals surface area contributed by atoms with Crippen molar-refractivity contribution in [3.05, 3.63) is 63.6 Å². The van der Waals surface area contributed by atoms with E-state index < -0.39 is 0 Å². The third-order valence-corrected chi connectivity index (χ3v) is 4.87. The van der Waals surface area contributed by atoms with E-state index in [1.54, 1.807) is 36.4 Å². The minimum atomic E-state index is -0.178. The maximum absolute atomic E-state index is 12.3. The van der Waals surface area contributed by atoms with E-state index in [1.165, 1.54) is 0 Å². The van der Waals surface area contributed by atoms with E-state index in [4.69, 9.17) is 23.2 Å². The SMILES string of the molecule is O=C(CCc1cccc(Cl)c1Cl)Nc1ccccc1C(=O)NC1CC1. The number of anilines is 1. The summed E-state index contributed by atoms with van der Waals surface area (Å²) in [5.74, 6) is -0.334. The Labute approximate surface area is 156 Å². The van der Waals surface area contributed by atoms with Crippen molar-refractivity contribution in [1.82, 2.24) is 5.32 Å². The fraction of sp³-hybridized carbons (Fsp3) is 0.263. The number of amides is 2. The Bertz CT molecular complexity index is 804. The van der Waals surface area contributed by atoms with Crippen LogP contribution in [0.25, 0.3) is 0 Å². The van der Waals surface area contributed by atoms with Gasteiger partial charge in [-0.1, -0.05) is 47.5 Å². The van der Waals surface area contributed by atoms with E-state index in [1.807, 2.05) is 6.07 Å². The van der Waals surface area contributed by atoms with Crippen molar-refractivity contribution in [2.75, 3.05) is 5.32 Å². The minimum absolute atomic E-state index is 0.156. The first kappa shape index (κ1) is 17.8. The summed E-state index contributed by atoms with van der Waals surface area (Å²) in [6.07, 6.45) is 2.75. The number of aryl methyl sites for hydroxylation is 1. The first-order valence-corrected chi connectivity index (χ1v) is 8.93. The smallest absolute Gasteiger partial charge is 0.253 e. The fourth-order valence-corrected chi connectivity index (χ4v) is 2.90. The van der Waals surface area contributed by atoms with Crippen molar-refractivity contribution in [3.63, 3.8) is 0 Å². The van der Waals surface area contributed by atoms with E-state index in [0.717, 1.165) is 18.4 Å². The maximum Gasteiger partial charge on any atom is 0.253 e. The molecule has 0 aromatic heterocycles. The zero-order valence-electron chi connectivity index (χ0n) is 13.5. The quantitative estimate of drug-likeness (QED) is 0.781. The molecule has 0 heterocycles. The number of rotatable bonds is 6. The molecule has 0 atom stereocenters. The molecule has 0 aliphatic heterocycles. The monoisotopic (exact) mass is 376 g/mol. The molecule has 0 saturated heterocycles. The van der Waals surface area contributed by atoms with Gasteiger partial charge in [0, 0.05) is 12.5 Å². The summed E-state index contributed by atoms with van der Waals surface area (Å²) in [7, 11) is 0. The Morgan fingerprint density at radius 3 is 2.56 bits per heavy atom. The molecule has 0 spiro atoms. The highest BCUT2D eigenvalue weighted by Crippen LogP contribution is 2.26. The van der Waals surface area contributed by atoms with Gasteiger partial charge in [0.2, 0.25) is 5.91 Å². The lowest BCUT2D eigenvalue weighted by Gasteiger charge is -2.11. The van der Waals surface area contributed by atoms with Crippen LogP contribution in [0.2, 0.25) is 10.0 Å². The molecular formula is C19H18Cl2N2O2. The Kier molecular flexibility index (Phi) is 5.61. The van der Waals surface area contributed by atoms with E-state index in [0.29, 0.717) is 27.7 Å². The van der Waals surface area contributed by atoms with Gasteiger partial charge < -0.3 is 10.6 Å². The third-order valence-electron chi connectivity index (χ3n) is 4.01. The number of carbonyl (C=O) groups excluding carboxylic acids is 2. The third kappa shape index (κ3) is 4.74. The summed E-state index contributed by atoms with van der Waals surface area (Å²) in [4.78, 5) is 24.5. The van der Waals surface area contributed by atoms with Gasteiger partial charge in [0.05, 0.1) is 21.3 Å². The van der Waals surface area contributed by atoms with E-state index in [2.05, 4.69) is 10.6 Å². The molecule has 1 aliphatic carbocycles. The Balaban J connectivity index is 1.63. The number of carbonyl (C=O) groups is 2. The first-order valence-electron chi connectivity index (χ1n) is 8.17. The number of benzene rings is 2. The van der Waals surface area contributed by atoms with E-state index in [9.17, 15) is 9.59 Å². The van der Waals surface area contributed by atoms with Crippen molar-refractivity contribution in [1.29, 1.82) is 0 Å². The standard InChI is InChI=1S/C19H18Cl2N2O2/c20-15-6-3-4-12(18(15)21)8-11-17(24)23-16-7-2-1-5-14(16)19(25)22-13-9-10-13/h1-7,13H,8-11H2,(H,22,25)(H,23,24). The Morgan fingerprint density at radius 2 is 1.80 bits per heavy atom. The number of hydrogen-bond acceptors (Lipinski definition) is 2. The van der Waals surface area contributed by atoms with Gasteiger partial charge >= 0.3 is 0 Å². The van der Waals surface area contributed by atoms with Gasteiger partial charge in [-0.15, -0.1) is 0 Å². The van der Waals surface area contributed by atoms with Gasteiger partial charge in [-0.2, -0.15) is 0 Å². The second-order valence-electron chi connectivity index (χ2n) is 6.05. The van der Waals surface area contributed by atoms with Gasteiger partial charge in [-0.05, 0) is 43.0 Å². The number of para-hydroxylation sites is 1. The van der Waals surface area contributed by atoms with Crippen molar-refractivity contribution >= 4 is 40.7 Å². The van der Waals surface area contributed by atoms with Crippen molar-refractivity contribution in [2.24, 2.45) is 0 Å². The molecule has 1 fully saturated rings. The van der Waals surface area contributed by atoms with E-state index in [-0.39, 0.29) is 24.3 Å². The predicted octanol–water partition coefficient (Wildman–Crippen LogP) is 4.46. The molecule has 2 aromatic rings. The van der Waals surface area contributed by atoms with Crippen LogP contribution in [-0.4, -0.2) is 17.9 Å². The Morgan fingerprint density at radius 1 is 1.04 bits per heavy atom. The zero-order chi connectivity index (χ0) is 17.8. The van der Waals surface area contributed by atoms with Gasteiger partial charge in [-0.3, -0.25) is 9.59 Å². The Hall–Kier alpha value is -2.04. The first-order chi connectivity index (χ1) is 12.0. The van der Waals surface area contributed by atoms with Gasteiger partial charge in [-0.25, -0.2) is 0 Å². The topological polar surface area (TPSA) is 58.2 Å². The molecule has 1 aliphatic rings. The molecule has 3 rings (SSSR count). The minimum Gasteiger partial charge on any atom is -0.349 e. The highest BCUT2D eigenvalue weighted by molar-refractivity contribution is 6.42. The average molecular weight is 377 g/mol. The van der Waals surface area contributed by atoms with Crippen LogP contribution in [0.5, 0.6) is 0 Å². The summed E-state index contributed by atoms with van der Waals surface area (Å²) in [5, 5.41) is 6.69. The largest absolute Gasteiger partial charge is 0.349 e. The lowest BCUT2D eigenvalue weighted by Crippen LogP contribution is -2.27. The summed E-state index contributed by atoms with van der Waals surface area (Å²) in [6.45, 7) is 0. The number of halogens is 2. The molecule has 0 unspecified atom stereocenters. The average Bonchev–Trinajstić information content (AvgIpc) is 3.40. The van der Waals surface area contributed by atoms with Crippen LogP contribution < -0.4 is 10.6 Å². The van der Waals surface area contributed by atoms with Gasteiger partial charge in [0.25, 0.3) is 5.91 Å². The molecule has 1 saturated carbocycles. The van der Waals surface area contributed by atoms with Gasteiger partial charge in [0.1, 0.15) is 0 Å². The molecule has 0 bridgehead atoms. The molecule has 25 heavy (non-hydrogen) atoms. The molecule has 130 valence electrons. The zero-order valence-corrected chi connectivity index (χ0v) is 15.0. The number of hydrogen-bond donors (Lipinski definition) is 2. The molecule has 2 aromatic carbocycles. The van der Waals surface area contributed by atoms with Crippen molar-refractivity contribution in [3.8, 4) is 0 Å². The van der Waals surface area contributed by atoms with Crippen molar-refractivity contribution < 1.29 is 9.59 Å². The molecule has 4 nitrogen and oxygen atoms in total. The fourth-order valence-electron chi connectivity index (χ4n) is 2.48. The molecule has 2 amide bonds. The predicted molar refractivity (Wildman–Crippen MR) is 100 cm³/mol. The van der Waals surface area contributed by atoms with Crippen LogP contribution in [0.1, 0.15) is 35.2 Å². The van der Waals surface area contributed by atoms with E-state index >= 15 is 0 Å². The van der Waals surface area contributed by atoms with Crippen molar-refractivity contribution in [2.45, 2.75) is 31.7 Å². The molecule has 6 heteroatoms. The van der Waals surface area contributed by atoms with Crippen LogP contribution in [0, 0.1) is 0 Å². The molecular weight excluding hydrogens is 359 g/mol. The number of nitrogens with one attached hydrogen (secondary N) is 2. The van der Waals surface area contributed by atoms with Crippen LogP contribution >= 0.6 is 23.2 Å². The summed E-state index contributed by atoms with van der Waals surface area (Å²) in [5.41, 5.74) is 1.82. The van der Waals surface area contributed by atoms with Crippen LogP contribution in [0.4, 0.5) is 5.69 Å². The highest BCUT2D eigenvalue weighted by Gasteiger charge is 2.25. The molecule has 0 radical (unpaired) electrons. The molecule has 2 N–H and O–H groups in total. The second kappa shape index (κ2) is 7.89. The summed E-state index contributed by atoms with van der Waals surface area (Å²) in [6, 6.07) is 12.6. The normalized spacial score (nSPS) is 13.4.